The van der Waals surface area contributed by atoms with E-state index in [1.165, 1.54) is 0 Å². The maximum absolute atomic E-state index is 12.1. The summed E-state index contributed by atoms with van der Waals surface area (Å²) in [5.74, 6) is 0.0600. The number of hydrogen-bond donors (Lipinski definition) is 1. The molecule has 0 aromatic heterocycles. The summed E-state index contributed by atoms with van der Waals surface area (Å²) in [6.07, 6.45) is -0.0817. The van der Waals surface area contributed by atoms with Gasteiger partial charge >= 0.3 is 0 Å². The molecule has 21 heavy (non-hydrogen) atoms. The zero-order valence-electron chi connectivity index (χ0n) is 12.8. The quantitative estimate of drug-likeness (QED) is 0.929. The van der Waals surface area contributed by atoms with Crippen LogP contribution in [0.15, 0.2) is 24.3 Å². The third-order valence-electron chi connectivity index (χ3n) is 3.71. The summed E-state index contributed by atoms with van der Waals surface area (Å²) in [4.78, 5) is 14.3. The van der Waals surface area contributed by atoms with E-state index >= 15 is 0 Å². The molecule has 1 fully saturated rings. The van der Waals surface area contributed by atoms with Crippen LogP contribution in [0.1, 0.15) is 32.4 Å². The molecule has 0 bridgehead atoms. The number of nitrogens with one attached hydrogen (secondary N) is 1. The lowest BCUT2D eigenvalue weighted by atomic mass is 10.1. The van der Waals surface area contributed by atoms with Crippen LogP contribution in [0.3, 0.4) is 0 Å². The van der Waals surface area contributed by atoms with Gasteiger partial charge in [-0.15, -0.1) is 0 Å². The minimum absolute atomic E-state index is 0.0600. The lowest BCUT2D eigenvalue weighted by Crippen LogP contribution is -2.51. The Bertz CT molecular complexity index is 493. The molecular weight excluding hydrogens is 288 g/mol. The molecule has 1 heterocycles. The predicted molar refractivity (Wildman–Crippen MR) is 84.5 cm³/mol. The SMILES string of the molecule is CC(C)NC(=O)[C@H](C)N1CCO[C@H](c2ccccc2Cl)C1. The Kier molecular flexibility index (Phi) is 5.62. The van der Waals surface area contributed by atoms with Crippen LogP contribution in [0.4, 0.5) is 0 Å². The number of benzene rings is 1. The molecule has 0 spiro atoms. The Labute approximate surface area is 131 Å². The van der Waals surface area contributed by atoms with Gasteiger partial charge in [-0.2, -0.15) is 0 Å². The van der Waals surface area contributed by atoms with Crippen LogP contribution >= 0.6 is 11.6 Å². The van der Waals surface area contributed by atoms with E-state index in [1.54, 1.807) is 0 Å². The highest BCUT2D eigenvalue weighted by Crippen LogP contribution is 2.28. The van der Waals surface area contributed by atoms with Crippen LogP contribution in [0.2, 0.25) is 5.02 Å². The Morgan fingerprint density at radius 2 is 2.10 bits per heavy atom. The van der Waals surface area contributed by atoms with Crippen molar-refractivity contribution in [2.45, 2.75) is 39.0 Å². The fraction of sp³-hybridized carbons (Fsp3) is 0.562. The lowest BCUT2D eigenvalue weighted by molar-refractivity contribution is -0.129. The molecule has 4 nitrogen and oxygen atoms in total. The van der Waals surface area contributed by atoms with E-state index in [-0.39, 0.29) is 24.1 Å². The van der Waals surface area contributed by atoms with Gasteiger partial charge in [0.05, 0.1) is 18.8 Å². The molecule has 116 valence electrons. The van der Waals surface area contributed by atoms with Crippen molar-refractivity contribution in [3.05, 3.63) is 34.9 Å². The fourth-order valence-electron chi connectivity index (χ4n) is 2.52. The number of hydrogen-bond acceptors (Lipinski definition) is 3. The van der Waals surface area contributed by atoms with Crippen molar-refractivity contribution in [1.82, 2.24) is 10.2 Å². The van der Waals surface area contributed by atoms with Gasteiger partial charge in [-0.1, -0.05) is 29.8 Å². The second-order valence-electron chi connectivity index (χ2n) is 5.72. The average Bonchev–Trinajstić information content (AvgIpc) is 2.46. The van der Waals surface area contributed by atoms with Gasteiger partial charge in [0.2, 0.25) is 5.91 Å². The summed E-state index contributed by atoms with van der Waals surface area (Å²) in [6, 6.07) is 7.70. The number of halogens is 1. The standard InChI is InChI=1S/C16H23ClN2O2/c1-11(2)18-16(20)12(3)19-8-9-21-15(10-19)13-6-4-5-7-14(13)17/h4-7,11-12,15H,8-10H2,1-3H3,(H,18,20)/t12-,15-/m0/s1. The van der Waals surface area contributed by atoms with Crippen LogP contribution in [0.25, 0.3) is 0 Å². The zero-order chi connectivity index (χ0) is 15.4. The molecule has 1 amide bonds. The predicted octanol–water partition coefficient (Wildman–Crippen LogP) is 2.63. The molecule has 1 aliphatic rings. The third kappa shape index (κ3) is 4.19. The Morgan fingerprint density at radius 1 is 1.38 bits per heavy atom. The average molecular weight is 311 g/mol. The maximum Gasteiger partial charge on any atom is 0.237 e. The van der Waals surface area contributed by atoms with E-state index in [0.717, 1.165) is 12.1 Å². The van der Waals surface area contributed by atoms with Gasteiger partial charge in [0.1, 0.15) is 0 Å². The zero-order valence-corrected chi connectivity index (χ0v) is 13.6. The molecule has 0 saturated carbocycles. The number of morpholine rings is 1. The number of ether oxygens (including phenoxy) is 1. The van der Waals surface area contributed by atoms with Crippen molar-refractivity contribution < 1.29 is 9.53 Å². The Hall–Kier alpha value is -1.10. The van der Waals surface area contributed by atoms with Crippen LogP contribution in [0, 0.1) is 0 Å². The molecule has 1 aliphatic heterocycles. The van der Waals surface area contributed by atoms with Crippen molar-refractivity contribution >= 4 is 17.5 Å². The molecule has 1 aromatic carbocycles. The van der Waals surface area contributed by atoms with Crippen molar-refractivity contribution in [3.8, 4) is 0 Å². The monoisotopic (exact) mass is 310 g/mol. The van der Waals surface area contributed by atoms with Crippen molar-refractivity contribution in [1.29, 1.82) is 0 Å². The van der Waals surface area contributed by atoms with Gasteiger partial charge in [-0.3, -0.25) is 9.69 Å². The molecule has 1 aromatic rings. The van der Waals surface area contributed by atoms with Crippen molar-refractivity contribution in [2.75, 3.05) is 19.7 Å². The number of carbonyl (C=O) groups is 1. The number of rotatable bonds is 4. The molecule has 0 aliphatic carbocycles. The van der Waals surface area contributed by atoms with Crippen LogP contribution < -0.4 is 5.32 Å². The minimum Gasteiger partial charge on any atom is -0.371 e. The molecule has 1 saturated heterocycles. The maximum atomic E-state index is 12.1. The summed E-state index contributed by atoms with van der Waals surface area (Å²) in [5.41, 5.74) is 0.986. The topological polar surface area (TPSA) is 41.6 Å². The first-order valence-electron chi connectivity index (χ1n) is 7.39. The van der Waals surface area contributed by atoms with Crippen LogP contribution in [-0.2, 0) is 9.53 Å². The Morgan fingerprint density at radius 3 is 2.76 bits per heavy atom. The molecule has 2 atom stereocenters. The lowest BCUT2D eigenvalue weighted by Gasteiger charge is -2.36. The number of amides is 1. The molecule has 1 N–H and O–H groups in total. The van der Waals surface area contributed by atoms with Crippen molar-refractivity contribution in [3.63, 3.8) is 0 Å². The first-order chi connectivity index (χ1) is 9.99. The van der Waals surface area contributed by atoms with Crippen molar-refractivity contribution in [2.24, 2.45) is 0 Å². The summed E-state index contributed by atoms with van der Waals surface area (Å²) >= 11 is 6.24. The second kappa shape index (κ2) is 7.25. The smallest absolute Gasteiger partial charge is 0.237 e. The van der Waals surface area contributed by atoms with E-state index < -0.39 is 0 Å². The molecule has 2 rings (SSSR count). The molecule has 5 heteroatoms. The van der Waals surface area contributed by atoms with Gasteiger partial charge in [-0.25, -0.2) is 0 Å². The minimum atomic E-state index is -0.165. The third-order valence-corrected chi connectivity index (χ3v) is 4.05. The summed E-state index contributed by atoms with van der Waals surface area (Å²) in [7, 11) is 0. The van der Waals surface area contributed by atoms with E-state index in [4.69, 9.17) is 16.3 Å². The first kappa shape index (κ1) is 16.3. The van der Waals surface area contributed by atoms with Crippen LogP contribution in [-0.4, -0.2) is 42.6 Å². The van der Waals surface area contributed by atoms with Gasteiger partial charge in [0.25, 0.3) is 0 Å². The highest BCUT2D eigenvalue weighted by Gasteiger charge is 2.29. The van der Waals surface area contributed by atoms with Gasteiger partial charge < -0.3 is 10.1 Å². The van der Waals surface area contributed by atoms with E-state index in [1.807, 2.05) is 45.0 Å². The highest BCUT2D eigenvalue weighted by molar-refractivity contribution is 6.31. The second-order valence-corrected chi connectivity index (χ2v) is 6.12. The number of carbonyl (C=O) groups excluding carboxylic acids is 1. The molecule has 0 unspecified atom stereocenters. The van der Waals surface area contributed by atoms with E-state index in [2.05, 4.69) is 10.2 Å². The van der Waals surface area contributed by atoms with Gasteiger partial charge in [-0.05, 0) is 26.8 Å². The van der Waals surface area contributed by atoms with E-state index in [9.17, 15) is 4.79 Å². The molecular formula is C16H23ClN2O2. The summed E-state index contributed by atoms with van der Waals surface area (Å²) in [5, 5.41) is 3.67. The Balaban J connectivity index is 2.04. The first-order valence-corrected chi connectivity index (χ1v) is 7.77. The van der Waals surface area contributed by atoms with Gasteiger partial charge in [0.15, 0.2) is 0 Å². The summed E-state index contributed by atoms with van der Waals surface area (Å²) in [6.45, 7) is 7.92. The van der Waals surface area contributed by atoms with Crippen LogP contribution in [0.5, 0.6) is 0 Å². The van der Waals surface area contributed by atoms with E-state index in [0.29, 0.717) is 18.2 Å². The van der Waals surface area contributed by atoms with Gasteiger partial charge in [0, 0.05) is 29.7 Å². The summed E-state index contributed by atoms with van der Waals surface area (Å²) < 4.78 is 5.83. The largest absolute Gasteiger partial charge is 0.371 e. The highest BCUT2D eigenvalue weighted by atomic mass is 35.5. The fourth-order valence-corrected chi connectivity index (χ4v) is 2.77. The molecule has 0 radical (unpaired) electrons. The number of nitrogens with zero attached hydrogens (tertiary/aromatic N) is 1. The normalized spacial score (nSPS) is 21.3.